The lowest BCUT2D eigenvalue weighted by atomic mass is 10.00. The Kier molecular flexibility index (Phi) is 3.78. The van der Waals surface area contributed by atoms with Crippen LogP contribution in [0.4, 0.5) is 0 Å². The van der Waals surface area contributed by atoms with E-state index in [1.54, 1.807) is 7.11 Å². The van der Waals surface area contributed by atoms with E-state index >= 15 is 0 Å². The summed E-state index contributed by atoms with van der Waals surface area (Å²) < 4.78 is 5.23. The van der Waals surface area contributed by atoms with E-state index in [4.69, 9.17) is 22.1 Å². The van der Waals surface area contributed by atoms with Crippen LogP contribution in [0.3, 0.4) is 0 Å². The lowest BCUT2D eigenvalue weighted by molar-refractivity contribution is 0.411. The summed E-state index contributed by atoms with van der Waals surface area (Å²) in [4.78, 5) is 0. The Morgan fingerprint density at radius 3 is 2.50 bits per heavy atom. The summed E-state index contributed by atoms with van der Waals surface area (Å²) in [5, 5.41) is 0.666. The van der Waals surface area contributed by atoms with Crippen molar-refractivity contribution in [1.29, 1.82) is 0 Å². The zero-order valence-electron chi connectivity index (χ0n) is 8.86. The first-order valence-electron chi connectivity index (χ1n) is 4.64. The van der Waals surface area contributed by atoms with E-state index in [0.29, 0.717) is 11.6 Å². The highest BCUT2D eigenvalue weighted by Gasteiger charge is 2.10. The van der Waals surface area contributed by atoms with Gasteiger partial charge in [0.25, 0.3) is 0 Å². The molecule has 1 aromatic carbocycles. The zero-order chi connectivity index (χ0) is 10.7. The number of methoxy groups -OCH3 is 1. The van der Waals surface area contributed by atoms with E-state index in [9.17, 15) is 0 Å². The maximum atomic E-state index is 6.08. The van der Waals surface area contributed by atoms with Crippen molar-refractivity contribution in [3.8, 4) is 5.75 Å². The van der Waals surface area contributed by atoms with E-state index < -0.39 is 0 Å². The Labute approximate surface area is 90.0 Å². The van der Waals surface area contributed by atoms with Crippen LogP contribution in [-0.2, 0) is 6.42 Å². The first-order chi connectivity index (χ1) is 6.61. The number of hydrogen-bond donors (Lipinski definition) is 1. The summed E-state index contributed by atoms with van der Waals surface area (Å²) in [6.45, 7) is 4.72. The molecule has 0 aliphatic carbocycles. The van der Waals surface area contributed by atoms with E-state index in [2.05, 4.69) is 6.92 Å². The topological polar surface area (TPSA) is 35.2 Å². The second-order valence-electron chi connectivity index (χ2n) is 3.34. The van der Waals surface area contributed by atoms with Crippen LogP contribution < -0.4 is 10.5 Å². The normalized spacial score (nSPS) is 10.4. The van der Waals surface area contributed by atoms with Gasteiger partial charge < -0.3 is 10.5 Å². The number of hydrogen-bond acceptors (Lipinski definition) is 2. The Morgan fingerprint density at radius 1 is 1.36 bits per heavy atom. The molecule has 0 heterocycles. The van der Waals surface area contributed by atoms with Crippen molar-refractivity contribution < 1.29 is 4.74 Å². The molecule has 0 radical (unpaired) electrons. The second-order valence-corrected chi connectivity index (χ2v) is 3.75. The summed E-state index contributed by atoms with van der Waals surface area (Å²) >= 11 is 6.08. The molecule has 0 aliphatic rings. The number of rotatable bonds is 3. The minimum absolute atomic E-state index is 0.642. The third kappa shape index (κ3) is 2.02. The molecule has 14 heavy (non-hydrogen) atoms. The molecule has 0 bridgehead atoms. The zero-order valence-corrected chi connectivity index (χ0v) is 9.61. The lowest BCUT2D eigenvalue weighted by Gasteiger charge is -2.13. The van der Waals surface area contributed by atoms with Gasteiger partial charge in [0, 0.05) is 0 Å². The average molecular weight is 214 g/mol. The molecule has 1 aromatic rings. The van der Waals surface area contributed by atoms with Gasteiger partial charge in [-0.1, -0.05) is 11.6 Å². The summed E-state index contributed by atoms with van der Waals surface area (Å²) in [6, 6.07) is 1.94. The molecule has 78 valence electrons. The maximum absolute atomic E-state index is 6.08. The van der Waals surface area contributed by atoms with E-state index in [-0.39, 0.29) is 0 Å². The average Bonchev–Trinajstić information content (AvgIpc) is 2.15. The third-order valence-electron chi connectivity index (χ3n) is 2.52. The van der Waals surface area contributed by atoms with Gasteiger partial charge >= 0.3 is 0 Å². The van der Waals surface area contributed by atoms with Gasteiger partial charge in [0.1, 0.15) is 5.75 Å². The van der Waals surface area contributed by atoms with Crippen molar-refractivity contribution in [2.75, 3.05) is 13.7 Å². The quantitative estimate of drug-likeness (QED) is 0.837. The molecule has 0 aromatic heterocycles. The third-order valence-corrected chi connectivity index (χ3v) is 2.80. The van der Waals surface area contributed by atoms with Gasteiger partial charge in [-0.2, -0.15) is 0 Å². The molecule has 3 heteroatoms. The molecule has 0 aliphatic heterocycles. The summed E-state index contributed by atoms with van der Waals surface area (Å²) in [5.74, 6) is 0.768. The van der Waals surface area contributed by atoms with Crippen LogP contribution in [0.2, 0.25) is 5.02 Å². The highest BCUT2D eigenvalue weighted by atomic mass is 35.5. The Bertz CT molecular complexity index is 337. The van der Waals surface area contributed by atoms with Gasteiger partial charge in [0.2, 0.25) is 0 Å². The van der Waals surface area contributed by atoms with Crippen LogP contribution in [0.15, 0.2) is 6.07 Å². The molecule has 0 atom stereocenters. The number of ether oxygens (including phenoxy) is 1. The number of nitrogens with two attached hydrogens (primary N) is 1. The molecule has 0 saturated heterocycles. The molecule has 2 N–H and O–H groups in total. The molecule has 0 fully saturated rings. The van der Waals surface area contributed by atoms with Crippen LogP contribution in [0.5, 0.6) is 5.75 Å². The molecule has 0 spiro atoms. The van der Waals surface area contributed by atoms with Crippen LogP contribution in [0.1, 0.15) is 16.7 Å². The van der Waals surface area contributed by atoms with Crippen molar-refractivity contribution >= 4 is 11.6 Å². The van der Waals surface area contributed by atoms with Gasteiger partial charge in [0.05, 0.1) is 12.1 Å². The summed E-state index contributed by atoms with van der Waals surface area (Å²) in [5.41, 5.74) is 9.05. The van der Waals surface area contributed by atoms with Gasteiger partial charge in [-0.15, -0.1) is 0 Å². The van der Waals surface area contributed by atoms with Crippen molar-refractivity contribution in [3.05, 3.63) is 27.8 Å². The van der Waals surface area contributed by atoms with Crippen LogP contribution >= 0.6 is 11.6 Å². The molecule has 0 saturated carbocycles. The van der Waals surface area contributed by atoms with Crippen molar-refractivity contribution in [2.24, 2.45) is 5.73 Å². The fourth-order valence-electron chi connectivity index (χ4n) is 1.58. The minimum atomic E-state index is 0.642. The summed E-state index contributed by atoms with van der Waals surface area (Å²) in [6.07, 6.45) is 0.858. The molecular formula is C11H16ClNO. The van der Waals surface area contributed by atoms with Crippen molar-refractivity contribution in [2.45, 2.75) is 20.3 Å². The Hall–Kier alpha value is -0.730. The smallest absolute Gasteiger partial charge is 0.140 e. The fraction of sp³-hybridized carbons (Fsp3) is 0.455. The van der Waals surface area contributed by atoms with Crippen LogP contribution in [0.25, 0.3) is 0 Å². The monoisotopic (exact) mass is 213 g/mol. The maximum Gasteiger partial charge on any atom is 0.140 e. The molecule has 1 rings (SSSR count). The molecule has 0 unspecified atom stereocenters. The lowest BCUT2D eigenvalue weighted by Crippen LogP contribution is -2.05. The largest absolute Gasteiger partial charge is 0.495 e. The number of benzene rings is 1. The van der Waals surface area contributed by atoms with Gasteiger partial charge in [-0.3, -0.25) is 0 Å². The Balaban J connectivity index is 3.25. The first-order valence-corrected chi connectivity index (χ1v) is 5.02. The predicted molar refractivity (Wildman–Crippen MR) is 60.2 cm³/mol. The molecule has 0 amide bonds. The Morgan fingerprint density at radius 2 is 2.00 bits per heavy atom. The van der Waals surface area contributed by atoms with Crippen molar-refractivity contribution in [3.63, 3.8) is 0 Å². The molecule has 2 nitrogen and oxygen atoms in total. The van der Waals surface area contributed by atoms with Gasteiger partial charge in [-0.05, 0) is 49.6 Å². The van der Waals surface area contributed by atoms with Gasteiger partial charge in [0.15, 0.2) is 0 Å². The SMILES string of the molecule is COc1c(Cl)cc(CCN)c(C)c1C. The van der Waals surface area contributed by atoms with E-state index in [1.807, 2.05) is 13.0 Å². The minimum Gasteiger partial charge on any atom is -0.495 e. The number of halogens is 1. The standard InChI is InChI=1S/C11H16ClNO/c1-7-8(2)11(14-3)10(12)6-9(7)4-5-13/h6H,4-5,13H2,1-3H3. The second kappa shape index (κ2) is 4.67. The van der Waals surface area contributed by atoms with Gasteiger partial charge in [-0.25, -0.2) is 0 Å². The highest BCUT2D eigenvalue weighted by molar-refractivity contribution is 6.32. The van der Waals surface area contributed by atoms with E-state index in [1.165, 1.54) is 11.1 Å². The van der Waals surface area contributed by atoms with Crippen LogP contribution in [-0.4, -0.2) is 13.7 Å². The highest BCUT2D eigenvalue weighted by Crippen LogP contribution is 2.32. The van der Waals surface area contributed by atoms with Crippen molar-refractivity contribution in [1.82, 2.24) is 0 Å². The molecular weight excluding hydrogens is 198 g/mol. The summed E-state index contributed by atoms with van der Waals surface area (Å²) in [7, 11) is 1.64. The van der Waals surface area contributed by atoms with Crippen LogP contribution in [0, 0.1) is 13.8 Å². The first kappa shape index (κ1) is 11.3. The fourth-order valence-corrected chi connectivity index (χ4v) is 1.93. The van der Waals surface area contributed by atoms with E-state index in [0.717, 1.165) is 17.7 Å². The predicted octanol–water partition coefficient (Wildman–Crippen LogP) is 2.47.